The van der Waals surface area contributed by atoms with Crippen molar-refractivity contribution < 1.29 is 17.9 Å². The third kappa shape index (κ3) is 5.69. The van der Waals surface area contributed by atoms with Gasteiger partial charge in [0.15, 0.2) is 21.3 Å². The van der Waals surface area contributed by atoms with Crippen LogP contribution in [0.5, 0.6) is 11.5 Å². The molecule has 3 aromatic carbocycles. The van der Waals surface area contributed by atoms with Gasteiger partial charge in [-0.25, -0.2) is 8.42 Å². The zero-order valence-electron chi connectivity index (χ0n) is 18.5. The molecule has 0 aromatic heterocycles. The number of methoxy groups -OCH3 is 1. The van der Waals surface area contributed by atoms with Gasteiger partial charge in [0, 0.05) is 12.3 Å². The molecule has 32 heavy (non-hydrogen) atoms. The summed E-state index contributed by atoms with van der Waals surface area (Å²) in [4.78, 5) is 0. The highest BCUT2D eigenvalue weighted by Crippen LogP contribution is 2.37. The monoisotopic (exact) mass is 451 g/mol. The Bertz CT molecular complexity index is 1180. The lowest BCUT2D eigenvalue weighted by molar-refractivity contribution is 0.283. The van der Waals surface area contributed by atoms with E-state index in [4.69, 9.17) is 9.47 Å². The Morgan fingerprint density at radius 2 is 1.69 bits per heavy atom. The Kier molecular flexibility index (Phi) is 6.82. The topological polar surface area (TPSA) is 64.6 Å². The van der Waals surface area contributed by atoms with E-state index in [9.17, 15) is 8.42 Å². The minimum absolute atomic E-state index is 0.0597. The third-order valence-electron chi connectivity index (χ3n) is 5.68. The lowest BCUT2D eigenvalue weighted by atomic mass is 9.89. The average Bonchev–Trinajstić information content (AvgIpc) is 2.77. The SMILES string of the molecule is COc1cc2c(cc1OCc1ccccc1)C(Cc1cccc(CS(C)(=O)=O)c1)NCC2. The molecule has 0 saturated heterocycles. The van der Waals surface area contributed by atoms with Crippen LogP contribution >= 0.6 is 0 Å². The maximum absolute atomic E-state index is 11.7. The summed E-state index contributed by atoms with van der Waals surface area (Å²) in [6.45, 7) is 1.36. The molecule has 1 unspecified atom stereocenters. The number of rotatable bonds is 8. The molecule has 0 bridgehead atoms. The van der Waals surface area contributed by atoms with Gasteiger partial charge in [0.25, 0.3) is 0 Å². The van der Waals surface area contributed by atoms with Crippen molar-refractivity contribution in [3.8, 4) is 11.5 Å². The van der Waals surface area contributed by atoms with Gasteiger partial charge >= 0.3 is 0 Å². The number of benzene rings is 3. The molecule has 4 rings (SSSR count). The summed E-state index contributed by atoms with van der Waals surface area (Å²) >= 11 is 0. The second-order valence-corrected chi connectivity index (χ2v) is 10.5. The van der Waals surface area contributed by atoms with Gasteiger partial charge in [-0.3, -0.25) is 0 Å². The van der Waals surface area contributed by atoms with Crippen LogP contribution < -0.4 is 14.8 Å². The number of nitrogens with one attached hydrogen (secondary N) is 1. The molecule has 0 aliphatic carbocycles. The molecule has 1 atom stereocenters. The molecule has 5 nitrogen and oxygen atoms in total. The molecule has 0 amide bonds. The van der Waals surface area contributed by atoms with Crippen LogP contribution in [0, 0.1) is 0 Å². The van der Waals surface area contributed by atoms with E-state index in [0.717, 1.165) is 47.6 Å². The summed E-state index contributed by atoms with van der Waals surface area (Å²) < 4.78 is 35.1. The molecule has 0 spiro atoms. The van der Waals surface area contributed by atoms with Crippen molar-refractivity contribution in [2.75, 3.05) is 19.9 Å². The number of hydrogen-bond donors (Lipinski definition) is 1. The minimum Gasteiger partial charge on any atom is -0.493 e. The van der Waals surface area contributed by atoms with E-state index in [2.05, 4.69) is 23.5 Å². The van der Waals surface area contributed by atoms with Crippen molar-refractivity contribution in [2.24, 2.45) is 0 Å². The van der Waals surface area contributed by atoms with Gasteiger partial charge < -0.3 is 14.8 Å². The van der Waals surface area contributed by atoms with Crippen LogP contribution in [0.1, 0.15) is 33.9 Å². The molecule has 1 aliphatic heterocycles. The Hall–Kier alpha value is -2.83. The first-order chi connectivity index (χ1) is 15.4. The molecule has 0 fully saturated rings. The number of ether oxygens (including phenoxy) is 2. The first-order valence-corrected chi connectivity index (χ1v) is 12.8. The highest BCUT2D eigenvalue weighted by molar-refractivity contribution is 7.89. The van der Waals surface area contributed by atoms with Crippen molar-refractivity contribution in [3.63, 3.8) is 0 Å². The summed E-state index contributed by atoms with van der Waals surface area (Å²) in [5, 5.41) is 3.62. The van der Waals surface area contributed by atoms with Crippen LogP contribution in [-0.2, 0) is 35.0 Å². The first-order valence-electron chi connectivity index (χ1n) is 10.8. The normalized spacial score (nSPS) is 15.8. The molecule has 1 aliphatic rings. The first kappa shape index (κ1) is 22.4. The van der Waals surface area contributed by atoms with E-state index >= 15 is 0 Å². The zero-order valence-corrected chi connectivity index (χ0v) is 19.3. The predicted octanol–water partition coefficient (Wildman–Crippen LogP) is 4.25. The van der Waals surface area contributed by atoms with E-state index in [1.807, 2.05) is 48.5 Å². The lowest BCUT2D eigenvalue weighted by Gasteiger charge is -2.28. The molecule has 0 radical (unpaired) electrons. The number of sulfone groups is 1. The predicted molar refractivity (Wildman–Crippen MR) is 127 cm³/mol. The Morgan fingerprint density at radius 3 is 2.44 bits per heavy atom. The Balaban J connectivity index is 1.57. The van der Waals surface area contributed by atoms with Crippen LogP contribution in [0.15, 0.2) is 66.7 Å². The second-order valence-electron chi connectivity index (χ2n) is 8.33. The maximum Gasteiger partial charge on any atom is 0.162 e. The highest BCUT2D eigenvalue weighted by Gasteiger charge is 2.23. The van der Waals surface area contributed by atoms with Gasteiger partial charge in [-0.2, -0.15) is 0 Å². The lowest BCUT2D eigenvalue weighted by Crippen LogP contribution is -2.31. The number of fused-ring (bicyclic) bond motifs is 1. The van der Waals surface area contributed by atoms with Gasteiger partial charge in [0.2, 0.25) is 0 Å². The molecule has 0 saturated carbocycles. The summed E-state index contributed by atoms with van der Waals surface area (Å²) in [5.41, 5.74) is 5.49. The average molecular weight is 452 g/mol. The maximum atomic E-state index is 11.7. The van der Waals surface area contributed by atoms with Gasteiger partial charge in [-0.1, -0.05) is 54.6 Å². The fraction of sp³-hybridized carbons (Fsp3) is 0.308. The Labute approximate surface area is 190 Å². The summed E-state index contributed by atoms with van der Waals surface area (Å²) in [5.74, 6) is 1.54. The van der Waals surface area contributed by atoms with Gasteiger partial charge in [-0.05, 0) is 59.3 Å². The van der Waals surface area contributed by atoms with Crippen molar-refractivity contribution >= 4 is 9.84 Å². The van der Waals surface area contributed by atoms with Crippen LogP contribution in [0.3, 0.4) is 0 Å². The van der Waals surface area contributed by atoms with Gasteiger partial charge in [-0.15, -0.1) is 0 Å². The quantitative estimate of drug-likeness (QED) is 0.555. The Morgan fingerprint density at radius 1 is 0.938 bits per heavy atom. The third-order valence-corrected chi connectivity index (χ3v) is 6.54. The summed E-state index contributed by atoms with van der Waals surface area (Å²) in [6, 6.07) is 22.2. The standard InChI is InChI=1S/C26H29NO4S/c1-30-25-15-22-11-12-27-24(14-20-9-6-10-21(13-20)18-32(2,28)29)23(22)16-26(25)31-17-19-7-4-3-5-8-19/h3-10,13,15-16,24,27H,11-12,14,17-18H2,1-2H3. The fourth-order valence-electron chi connectivity index (χ4n) is 4.22. The number of hydrogen-bond acceptors (Lipinski definition) is 5. The second kappa shape index (κ2) is 9.76. The van der Waals surface area contributed by atoms with Crippen molar-refractivity contribution in [1.82, 2.24) is 5.32 Å². The van der Waals surface area contributed by atoms with Crippen molar-refractivity contribution in [2.45, 2.75) is 31.2 Å². The zero-order chi connectivity index (χ0) is 22.6. The van der Waals surface area contributed by atoms with Crippen molar-refractivity contribution in [3.05, 3.63) is 94.5 Å². The van der Waals surface area contributed by atoms with E-state index in [-0.39, 0.29) is 11.8 Å². The highest BCUT2D eigenvalue weighted by atomic mass is 32.2. The van der Waals surface area contributed by atoms with Crippen molar-refractivity contribution in [1.29, 1.82) is 0 Å². The molecule has 1 heterocycles. The molecule has 6 heteroatoms. The van der Waals surface area contributed by atoms with Gasteiger partial charge in [0.05, 0.1) is 12.9 Å². The molecule has 3 aromatic rings. The smallest absolute Gasteiger partial charge is 0.162 e. The van der Waals surface area contributed by atoms with Crippen LogP contribution in [0.25, 0.3) is 0 Å². The molecule has 168 valence electrons. The van der Waals surface area contributed by atoms with Gasteiger partial charge in [0.1, 0.15) is 6.61 Å². The largest absolute Gasteiger partial charge is 0.493 e. The van der Waals surface area contributed by atoms with Crippen LogP contribution in [0.4, 0.5) is 0 Å². The summed E-state index contributed by atoms with van der Waals surface area (Å²) in [6.07, 6.45) is 2.97. The van der Waals surface area contributed by atoms with E-state index in [0.29, 0.717) is 6.61 Å². The van der Waals surface area contributed by atoms with E-state index in [1.165, 1.54) is 17.4 Å². The molecular formula is C26H29NO4S. The minimum atomic E-state index is -3.06. The molecule has 1 N–H and O–H groups in total. The fourth-order valence-corrected chi connectivity index (χ4v) is 5.01. The summed E-state index contributed by atoms with van der Waals surface area (Å²) in [7, 11) is -1.39. The van der Waals surface area contributed by atoms with Crippen LogP contribution in [-0.4, -0.2) is 28.3 Å². The van der Waals surface area contributed by atoms with E-state index < -0.39 is 9.84 Å². The van der Waals surface area contributed by atoms with E-state index in [1.54, 1.807) is 7.11 Å². The van der Waals surface area contributed by atoms with Crippen LogP contribution in [0.2, 0.25) is 0 Å². The molecular weight excluding hydrogens is 422 g/mol.